The molecule has 3 rings (SSSR count). The number of rotatable bonds is 7. The Kier molecular flexibility index (Phi) is 6.06. The molecule has 3 N–H and O–H groups in total. The molecule has 0 amide bonds. The Bertz CT molecular complexity index is 1090. The minimum absolute atomic E-state index is 0.0374. The summed E-state index contributed by atoms with van der Waals surface area (Å²) in [5.41, 5.74) is 7.63. The molecule has 0 aliphatic carbocycles. The summed E-state index contributed by atoms with van der Waals surface area (Å²) in [6.45, 7) is 0. The molecule has 0 aliphatic rings. The van der Waals surface area contributed by atoms with Crippen LogP contribution in [0.25, 0.3) is 0 Å². The van der Waals surface area contributed by atoms with Crippen molar-refractivity contribution in [2.24, 2.45) is 4.99 Å². The van der Waals surface area contributed by atoms with Gasteiger partial charge in [-0.15, -0.1) is 0 Å². The number of aromatic hydroxyl groups is 1. The minimum atomic E-state index is -0.475. The molecule has 2 aromatic carbocycles. The normalized spacial score (nSPS) is 10.9. The summed E-state index contributed by atoms with van der Waals surface area (Å²) in [5, 5.41) is 21.0. The van der Waals surface area contributed by atoms with Crippen LogP contribution in [0.5, 0.6) is 17.2 Å². The van der Waals surface area contributed by atoms with Crippen LogP contribution < -0.4 is 15.2 Å². The maximum Gasteiger partial charge on any atom is 0.270 e. The molecule has 1 aromatic heterocycles. The van der Waals surface area contributed by atoms with Crippen LogP contribution in [0, 0.1) is 10.1 Å². The molecule has 30 heavy (non-hydrogen) atoms. The number of aromatic nitrogens is 2. The van der Waals surface area contributed by atoms with Gasteiger partial charge in [0.1, 0.15) is 0 Å². The number of nitrogens with two attached hydrogens (primary N) is 1. The van der Waals surface area contributed by atoms with Gasteiger partial charge in [-0.25, -0.2) is 9.98 Å². The monoisotopic (exact) mass is 409 g/mol. The average molecular weight is 409 g/mol. The second-order valence-electron chi connectivity index (χ2n) is 6.21. The lowest BCUT2D eigenvalue weighted by Gasteiger charge is -2.12. The molecule has 10 heteroatoms. The van der Waals surface area contributed by atoms with E-state index in [4.69, 9.17) is 15.2 Å². The number of hydrogen-bond donors (Lipinski definition) is 2. The van der Waals surface area contributed by atoms with Gasteiger partial charge >= 0.3 is 0 Å². The second kappa shape index (κ2) is 8.86. The van der Waals surface area contributed by atoms with E-state index >= 15 is 0 Å². The molecule has 0 saturated heterocycles. The first kappa shape index (κ1) is 20.5. The minimum Gasteiger partial charge on any atom is -0.502 e. The number of nitro groups is 1. The van der Waals surface area contributed by atoms with Gasteiger partial charge in [-0.2, -0.15) is 4.98 Å². The first-order chi connectivity index (χ1) is 14.4. The first-order valence-corrected chi connectivity index (χ1v) is 8.75. The van der Waals surface area contributed by atoms with Crippen LogP contribution in [0.1, 0.15) is 16.7 Å². The SMILES string of the molecule is COc1cc(Cc2cnc(N)nc2N=Cc2cccc([N+](=O)[O-])c2)cc(OC)c1O. The number of phenols is 1. The smallest absolute Gasteiger partial charge is 0.270 e. The number of aliphatic imine (C=N–C) groups is 1. The Morgan fingerprint density at radius 2 is 1.93 bits per heavy atom. The van der Waals surface area contributed by atoms with E-state index in [-0.39, 0.29) is 28.9 Å². The van der Waals surface area contributed by atoms with Crippen LogP contribution in [-0.2, 0) is 6.42 Å². The predicted molar refractivity (Wildman–Crippen MR) is 111 cm³/mol. The molecule has 0 bridgehead atoms. The highest BCUT2D eigenvalue weighted by molar-refractivity contribution is 5.82. The molecule has 0 radical (unpaired) electrons. The van der Waals surface area contributed by atoms with Gasteiger partial charge in [0.05, 0.1) is 19.1 Å². The highest BCUT2D eigenvalue weighted by Crippen LogP contribution is 2.38. The summed E-state index contributed by atoms with van der Waals surface area (Å²) < 4.78 is 10.4. The van der Waals surface area contributed by atoms with Gasteiger partial charge in [0.2, 0.25) is 11.7 Å². The van der Waals surface area contributed by atoms with Gasteiger partial charge in [0.25, 0.3) is 5.69 Å². The van der Waals surface area contributed by atoms with Crippen molar-refractivity contribution in [2.75, 3.05) is 20.0 Å². The number of anilines is 1. The van der Waals surface area contributed by atoms with Crippen molar-refractivity contribution in [3.05, 3.63) is 69.4 Å². The third-order valence-corrected chi connectivity index (χ3v) is 4.21. The fourth-order valence-electron chi connectivity index (χ4n) is 2.77. The van der Waals surface area contributed by atoms with Crippen LogP contribution in [0.3, 0.4) is 0 Å². The summed E-state index contributed by atoms with van der Waals surface area (Å²) in [4.78, 5) is 23.0. The van der Waals surface area contributed by atoms with E-state index in [1.807, 2.05) is 0 Å². The molecule has 3 aromatic rings. The van der Waals surface area contributed by atoms with E-state index in [9.17, 15) is 15.2 Å². The molecule has 0 saturated carbocycles. The van der Waals surface area contributed by atoms with E-state index in [1.165, 1.54) is 32.6 Å². The van der Waals surface area contributed by atoms with Gasteiger partial charge in [0, 0.05) is 36.5 Å². The van der Waals surface area contributed by atoms with Crippen molar-refractivity contribution in [1.29, 1.82) is 0 Å². The lowest BCUT2D eigenvalue weighted by molar-refractivity contribution is -0.384. The van der Waals surface area contributed by atoms with Gasteiger partial charge < -0.3 is 20.3 Å². The van der Waals surface area contributed by atoms with Crippen molar-refractivity contribution in [1.82, 2.24) is 9.97 Å². The van der Waals surface area contributed by atoms with Crippen LogP contribution in [0.15, 0.2) is 47.6 Å². The first-order valence-electron chi connectivity index (χ1n) is 8.75. The van der Waals surface area contributed by atoms with Gasteiger partial charge in [-0.3, -0.25) is 10.1 Å². The molecular weight excluding hydrogens is 390 g/mol. The van der Waals surface area contributed by atoms with Gasteiger partial charge in [-0.1, -0.05) is 12.1 Å². The summed E-state index contributed by atoms with van der Waals surface area (Å²) in [5.74, 6) is 0.803. The lowest BCUT2D eigenvalue weighted by Crippen LogP contribution is -2.00. The van der Waals surface area contributed by atoms with E-state index in [1.54, 1.807) is 30.5 Å². The Labute approximate surface area is 171 Å². The summed E-state index contributed by atoms with van der Waals surface area (Å²) in [6, 6.07) is 9.41. The highest BCUT2D eigenvalue weighted by atomic mass is 16.6. The van der Waals surface area contributed by atoms with Crippen LogP contribution in [0.2, 0.25) is 0 Å². The molecule has 0 fully saturated rings. The number of benzene rings is 2. The maximum atomic E-state index is 10.9. The number of nitrogens with zero attached hydrogens (tertiary/aromatic N) is 4. The number of phenolic OH excluding ortho intramolecular Hbond substituents is 1. The molecule has 1 heterocycles. The Morgan fingerprint density at radius 3 is 2.57 bits per heavy atom. The molecule has 154 valence electrons. The zero-order valence-electron chi connectivity index (χ0n) is 16.3. The lowest BCUT2D eigenvalue weighted by atomic mass is 10.1. The van der Waals surface area contributed by atoms with Crippen LogP contribution >= 0.6 is 0 Å². The number of hydrogen-bond acceptors (Lipinski definition) is 9. The highest BCUT2D eigenvalue weighted by Gasteiger charge is 2.14. The van der Waals surface area contributed by atoms with Crippen LogP contribution in [0.4, 0.5) is 17.5 Å². The van der Waals surface area contributed by atoms with E-state index in [2.05, 4.69) is 15.0 Å². The van der Waals surface area contributed by atoms with E-state index in [0.717, 1.165) is 5.56 Å². The largest absolute Gasteiger partial charge is 0.502 e. The van der Waals surface area contributed by atoms with Crippen molar-refractivity contribution >= 4 is 23.7 Å². The van der Waals surface area contributed by atoms with Crippen molar-refractivity contribution in [3.63, 3.8) is 0 Å². The number of nitrogen functional groups attached to an aromatic ring is 1. The summed E-state index contributed by atoms with van der Waals surface area (Å²) in [7, 11) is 2.89. The molecule has 0 atom stereocenters. The molecule has 0 unspecified atom stereocenters. The standard InChI is InChI=1S/C20H19N5O5/c1-29-16-8-13(9-17(30-2)18(16)26)6-14-11-23-20(21)24-19(14)22-10-12-4-3-5-15(7-12)25(27)28/h3-5,7-11,26H,6H2,1-2H3,(H2,21,23,24). The van der Waals surface area contributed by atoms with E-state index < -0.39 is 4.92 Å². The molecule has 10 nitrogen and oxygen atoms in total. The quantitative estimate of drug-likeness (QED) is 0.344. The topological polar surface area (TPSA) is 146 Å². The summed E-state index contributed by atoms with van der Waals surface area (Å²) >= 11 is 0. The van der Waals surface area contributed by atoms with Gasteiger partial charge in [0.15, 0.2) is 17.3 Å². The third kappa shape index (κ3) is 4.61. The van der Waals surface area contributed by atoms with Crippen LogP contribution in [-0.4, -0.2) is 40.4 Å². The summed E-state index contributed by atoms with van der Waals surface area (Å²) in [6.07, 6.45) is 3.37. The molecule has 0 spiro atoms. The number of non-ortho nitro benzene ring substituents is 1. The fraction of sp³-hybridized carbons (Fsp3) is 0.150. The Hall–Kier alpha value is -4.21. The maximum absolute atomic E-state index is 10.9. The molecule has 0 aliphatic heterocycles. The Morgan fingerprint density at radius 1 is 1.23 bits per heavy atom. The fourth-order valence-corrected chi connectivity index (χ4v) is 2.77. The predicted octanol–water partition coefficient (Wildman–Crippen LogP) is 3.03. The average Bonchev–Trinajstić information content (AvgIpc) is 2.75. The third-order valence-electron chi connectivity index (χ3n) is 4.21. The zero-order chi connectivity index (χ0) is 21.7. The zero-order valence-corrected chi connectivity index (χ0v) is 16.3. The number of methoxy groups -OCH3 is 2. The van der Waals surface area contributed by atoms with Crippen molar-refractivity contribution in [2.45, 2.75) is 6.42 Å². The molecular formula is C20H19N5O5. The number of ether oxygens (including phenoxy) is 2. The van der Waals surface area contributed by atoms with Crippen molar-refractivity contribution in [3.8, 4) is 17.2 Å². The van der Waals surface area contributed by atoms with Gasteiger partial charge in [-0.05, 0) is 23.3 Å². The van der Waals surface area contributed by atoms with E-state index in [0.29, 0.717) is 23.4 Å². The number of nitro benzene ring substituents is 1. The second-order valence-corrected chi connectivity index (χ2v) is 6.21. The van der Waals surface area contributed by atoms with Crippen molar-refractivity contribution < 1.29 is 19.5 Å². The Balaban J connectivity index is 1.95.